The van der Waals surface area contributed by atoms with Crippen molar-refractivity contribution in [3.8, 4) is 22.8 Å². The number of nitrogens with one attached hydrogen (secondary N) is 3. The summed E-state index contributed by atoms with van der Waals surface area (Å²) in [6, 6.07) is 18.3. The molecule has 18 heteroatoms. The molecule has 0 unspecified atom stereocenters. The highest BCUT2D eigenvalue weighted by atomic mass is 32.1. The van der Waals surface area contributed by atoms with E-state index < -0.39 is 12.1 Å². The van der Waals surface area contributed by atoms with Gasteiger partial charge in [-0.15, -0.1) is 11.3 Å². The largest absolute Gasteiger partial charge is 0.357 e. The number of carbonyl (C=O) groups excluding carboxylic acids is 2. The van der Waals surface area contributed by atoms with Crippen LogP contribution in [-0.4, -0.2) is 82.2 Å². The van der Waals surface area contributed by atoms with Crippen LogP contribution in [0, 0.1) is 11.6 Å². The highest BCUT2D eigenvalue weighted by Gasteiger charge is 2.22. The number of nitrogens with two attached hydrogens (primary N) is 1. The molecule has 0 amide bonds. The van der Waals surface area contributed by atoms with E-state index >= 15 is 0 Å². The zero-order valence-electron chi connectivity index (χ0n) is 33.5. The third-order valence-electron chi connectivity index (χ3n) is 9.48. The first-order chi connectivity index (χ1) is 29.0. The van der Waals surface area contributed by atoms with Crippen molar-refractivity contribution >= 4 is 34.8 Å². The minimum absolute atomic E-state index is 0.0164. The van der Waals surface area contributed by atoms with Gasteiger partial charge in [0.15, 0.2) is 11.6 Å². The third-order valence-corrected chi connectivity index (χ3v) is 10.1. The SMILES string of the molecule is CNc1nccc(-c2cc(CC(=O)[C@@H](N)Cc3ccc(F)cc3)n(C)n2)n1.CNc1nccc(-c2cc(CC(=O)[C@H](Cc3ccc(F)cc3)NCc3cscn3)n(C)n2)n1. The number of ketones is 2. The summed E-state index contributed by atoms with van der Waals surface area (Å²) < 4.78 is 29.7. The van der Waals surface area contributed by atoms with Crippen LogP contribution < -0.4 is 21.7 Å². The zero-order valence-corrected chi connectivity index (χ0v) is 34.3. The van der Waals surface area contributed by atoms with Crippen molar-refractivity contribution in [3.63, 3.8) is 0 Å². The molecule has 2 atom stereocenters. The number of carbonyl (C=O) groups is 2. The standard InChI is InChI=1S/C23H24FN7OS.C19H21FN6O/c1-25-23-26-8-7-19(29-23)20-10-18(31(2)30-20)11-22(32)21(27-12-17-13-33-14-28-17)9-15-3-5-16(24)6-4-15;1-22-19-23-8-7-16(24-19)17-10-14(26(2)25-17)11-18(27)15(21)9-12-3-5-13(20)6-4-12/h3-8,10,13-14,21,27H,9,11-12H2,1-2H3,(H,25,26,29);3-8,10,15H,9,11,21H2,1-2H3,(H,22,23,24)/t21-;15-/m00/s1. The Morgan fingerprint density at radius 1 is 0.700 bits per heavy atom. The number of hydrogen-bond donors (Lipinski definition) is 4. The van der Waals surface area contributed by atoms with E-state index in [1.165, 1.54) is 35.6 Å². The van der Waals surface area contributed by atoms with E-state index in [2.05, 4.69) is 51.1 Å². The van der Waals surface area contributed by atoms with Crippen molar-refractivity contribution in [1.29, 1.82) is 0 Å². The third kappa shape index (κ3) is 11.7. The number of benzene rings is 2. The second kappa shape index (κ2) is 20.4. The monoisotopic (exact) mass is 833 g/mol. The van der Waals surface area contributed by atoms with Crippen LogP contribution >= 0.6 is 11.3 Å². The van der Waals surface area contributed by atoms with Crippen LogP contribution in [0.1, 0.15) is 28.2 Å². The van der Waals surface area contributed by atoms with Crippen LogP contribution in [0.5, 0.6) is 0 Å². The summed E-state index contributed by atoms with van der Waals surface area (Å²) in [6.07, 6.45) is 4.48. The van der Waals surface area contributed by atoms with Gasteiger partial charge in [0.05, 0.1) is 47.5 Å². The quantitative estimate of drug-likeness (QED) is 0.0981. The Balaban J connectivity index is 0.000000205. The minimum atomic E-state index is -0.663. The number of aromatic nitrogens is 9. The first kappa shape index (κ1) is 43.0. The second-order valence-corrected chi connectivity index (χ2v) is 14.5. The number of hydrogen-bond acceptors (Lipinski definition) is 14. The summed E-state index contributed by atoms with van der Waals surface area (Å²) in [4.78, 5) is 47.1. The van der Waals surface area contributed by atoms with Crippen LogP contribution in [0.4, 0.5) is 20.7 Å². The molecule has 7 aromatic rings. The van der Waals surface area contributed by atoms with E-state index in [1.807, 2.05) is 24.6 Å². The molecule has 2 aromatic carbocycles. The molecule has 0 aliphatic heterocycles. The molecular formula is C42H45F2N13O2S. The highest BCUT2D eigenvalue weighted by Crippen LogP contribution is 2.20. The molecule has 5 N–H and O–H groups in total. The average Bonchev–Trinajstić information content (AvgIpc) is 4.01. The topological polar surface area (TPSA) is 196 Å². The van der Waals surface area contributed by atoms with Gasteiger partial charge in [0, 0.05) is 63.9 Å². The van der Waals surface area contributed by atoms with Crippen molar-refractivity contribution in [3.05, 3.63) is 136 Å². The Bertz CT molecular complexity index is 2490. The van der Waals surface area contributed by atoms with E-state index in [9.17, 15) is 18.4 Å². The second-order valence-electron chi connectivity index (χ2n) is 13.8. The van der Waals surface area contributed by atoms with Crippen LogP contribution in [0.3, 0.4) is 0 Å². The van der Waals surface area contributed by atoms with E-state index in [0.29, 0.717) is 54.1 Å². The fraction of sp³-hybridized carbons (Fsp3) is 0.262. The molecule has 0 aliphatic carbocycles. The Morgan fingerprint density at radius 2 is 1.20 bits per heavy atom. The van der Waals surface area contributed by atoms with Crippen LogP contribution in [-0.2, 0) is 55.9 Å². The lowest BCUT2D eigenvalue weighted by molar-refractivity contribution is -0.121. The summed E-state index contributed by atoms with van der Waals surface area (Å²) in [5.41, 5.74) is 14.6. The fourth-order valence-corrected chi connectivity index (χ4v) is 6.70. The number of nitrogens with zero attached hydrogens (tertiary/aromatic N) is 9. The molecular weight excluding hydrogens is 789 g/mol. The molecule has 310 valence electrons. The maximum absolute atomic E-state index is 13.3. The average molecular weight is 834 g/mol. The molecule has 60 heavy (non-hydrogen) atoms. The van der Waals surface area contributed by atoms with Gasteiger partial charge in [-0.1, -0.05) is 24.3 Å². The van der Waals surface area contributed by atoms with Gasteiger partial charge in [0.1, 0.15) is 23.0 Å². The molecule has 5 heterocycles. The molecule has 0 saturated heterocycles. The summed E-state index contributed by atoms with van der Waals surface area (Å²) >= 11 is 1.51. The van der Waals surface area contributed by atoms with Gasteiger partial charge >= 0.3 is 0 Å². The van der Waals surface area contributed by atoms with Crippen molar-refractivity contribution in [2.45, 2.75) is 44.3 Å². The zero-order chi connectivity index (χ0) is 42.6. The van der Waals surface area contributed by atoms with Gasteiger partial charge in [0.25, 0.3) is 0 Å². The maximum atomic E-state index is 13.3. The van der Waals surface area contributed by atoms with Crippen molar-refractivity contribution in [2.75, 3.05) is 24.7 Å². The van der Waals surface area contributed by atoms with Crippen molar-refractivity contribution in [1.82, 2.24) is 49.8 Å². The maximum Gasteiger partial charge on any atom is 0.222 e. The van der Waals surface area contributed by atoms with Gasteiger partial charge in [-0.2, -0.15) is 10.2 Å². The molecule has 0 aliphatic rings. The minimum Gasteiger partial charge on any atom is -0.357 e. The Kier molecular flexibility index (Phi) is 14.6. The predicted octanol–water partition coefficient (Wildman–Crippen LogP) is 4.77. The smallest absolute Gasteiger partial charge is 0.222 e. The Labute approximate surface area is 349 Å². The van der Waals surface area contributed by atoms with E-state index in [4.69, 9.17) is 5.73 Å². The molecule has 0 fully saturated rings. The summed E-state index contributed by atoms with van der Waals surface area (Å²) in [7, 11) is 7.08. The summed E-state index contributed by atoms with van der Waals surface area (Å²) in [5, 5.41) is 20.0. The molecule has 15 nitrogen and oxygen atoms in total. The lowest BCUT2D eigenvalue weighted by atomic mass is 9.99. The lowest BCUT2D eigenvalue weighted by Crippen LogP contribution is -2.39. The molecule has 0 radical (unpaired) electrons. The van der Waals surface area contributed by atoms with Crippen LogP contribution in [0.2, 0.25) is 0 Å². The van der Waals surface area contributed by atoms with Gasteiger partial charge in [-0.05, 0) is 72.5 Å². The molecule has 0 spiro atoms. The number of halogens is 2. The van der Waals surface area contributed by atoms with Crippen molar-refractivity contribution < 1.29 is 18.4 Å². The number of rotatable bonds is 17. The van der Waals surface area contributed by atoms with Gasteiger partial charge in [-0.25, -0.2) is 33.7 Å². The lowest BCUT2D eigenvalue weighted by Gasteiger charge is -2.17. The van der Waals surface area contributed by atoms with Crippen LogP contribution in [0.25, 0.3) is 22.8 Å². The van der Waals surface area contributed by atoms with Gasteiger partial charge < -0.3 is 21.7 Å². The van der Waals surface area contributed by atoms with E-state index in [-0.39, 0.29) is 36.0 Å². The molecule has 5 aromatic heterocycles. The summed E-state index contributed by atoms with van der Waals surface area (Å²) in [5.74, 6) is 0.298. The molecule has 7 rings (SSSR count). The number of thiazole rings is 1. The Morgan fingerprint density at radius 3 is 1.68 bits per heavy atom. The highest BCUT2D eigenvalue weighted by molar-refractivity contribution is 7.07. The van der Waals surface area contributed by atoms with E-state index in [1.54, 1.807) is 84.8 Å². The van der Waals surface area contributed by atoms with Gasteiger partial charge in [-0.3, -0.25) is 19.0 Å². The molecule has 0 bridgehead atoms. The Hall–Kier alpha value is -6.63. The van der Waals surface area contributed by atoms with Crippen LogP contribution in [0.15, 0.2) is 96.1 Å². The molecule has 0 saturated carbocycles. The normalized spacial score (nSPS) is 12.0. The first-order valence-corrected chi connectivity index (χ1v) is 19.9. The van der Waals surface area contributed by atoms with E-state index in [0.717, 1.165) is 28.2 Å². The van der Waals surface area contributed by atoms with Gasteiger partial charge in [0.2, 0.25) is 11.9 Å². The number of anilines is 2. The first-order valence-electron chi connectivity index (χ1n) is 19.0. The number of aryl methyl sites for hydroxylation is 2. The van der Waals surface area contributed by atoms with Crippen molar-refractivity contribution in [2.24, 2.45) is 19.8 Å². The number of Topliss-reactive ketones (excluding diaryl/α,β-unsaturated/α-hetero) is 2. The fourth-order valence-electron chi connectivity index (χ4n) is 6.14. The predicted molar refractivity (Wildman–Crippen MR) is 226 cm³/mol. The summed E-state index contributed by atoms with van der Waals surface area (Å²) in [6.45, 7) is 0.478.